The van der Waals surface area contributed by atoms with Gasteiger partial charge in [-0.2, -0.15) is 0 Å². The van der Waals surface area contributed by atoms with E-state index in [-0.39, 0.29) is 0 Å². The fraction of sp³-hybridized carbons (Fsp3) is 0.400. The number of halogens is 1. The quantitative estimate of drug-likeness (QED) is 0.687. The molecule has 0 saturated heterocycles. The summed E-state index contributed by atoms with van der Waals surface area (Å²) in [5.41, 5.74) is 2.29. The second-order valence-electron chi connectivity index (χ2n) is 3.20. The van der Waals surface area contributed by atoms with Crippen LogP contribution in [0.5, 0.6) is 0 Å². The van der Waals surface area contributed by atoms with Crippen molar-refractivity contribution in [3.63, 3.8) is 0 Å². The molecule has 3 heteroatoms. The highest BCUT2D eigenvalue weighted by Gasteiger charge is 2.07. The lowest BCUT2D eigenvalue weighted by molar-refractivity contribution is 0.739. The summed E-state index contributed by atoms with van der Waals surface area (Å²) in [6.45, 7) is 0. The molecule has 0 aromatic carbocycles. The van der Waals surface area contributed by atoms with E-state index in [4.69, 9.17) is 11.6 Å². The Morgan fingerprint density at radius 2 is 2.08 bits per heavy atom. The average molecular weight is 195 g/mol. The van der Waals surface area contributed by atoms with Crippen LogP contribution in [0.25, 0.3) is 5.57 Å². The fourth-order valence-electron chi connectivity index (χ4n) is 1.55. The Hall–Kier alpha value is -0.890. The van der Waals surface area contributed by atoms with Gasteiger partial charge in [-0.15, -0.1) is 0 Å². The van der Waals surface area contributed by atoms with Crippen LogP contribution in [0.2, 0.25) is 5.15 Å². The molecular formula is C10H11ClN2. The van der Waals surface area contributed by atoms with Crippen LogP contribution in [-0.4, -0.2) is 9.97 Å². The molecule has 0 bridgehead atoms. The molecule has 1 aliphatic rings. The standard InChI is InChI=1S/C10H11ClN2/c11-10-7-12-9(6-13-10)8-4-2-1-3-5-8/h4,6-7H,1-3,5H2. The monoisotopic (exact) mass is 194 g/mol. The van der Waals surface area contributed by atoms with E-state index in [9.17, 15) is 0 Å². The van der Waals surface area contributed by atoms with Gasteiger partial charge in [0.15, 0.2) is 0 Å². The molecule has 0 spiro atoms. The highest BCUT2D eigenvalue weighted by molar-refractivity contribution is 6.29. The zero-order valence-corrected chi connectivity index (χ0v) is 8.09. The Morgan fingerprint density at radius 3 is 2.69 bits per heavy atom. The zero-order valence-electron chi connectivity index (χ0n) is 7.33. The van der Waals surface area contributed by atoms with E-state index < -0.39 is 0 Å². The number of allylic oxidation sites excluding steroid dienone is 2. The average Bonchev–Trinajstić information content (AvgIpc) is 2.20. The second-order valence-corrected chi connectivity index (χ2v) is 3.59. The first-order valence-corrected chi connectivity index (χ1v) is 4.91. The molecular weight excluding hydrogens is 184 g/mol. The number of aromatic nitrogens is 2. The van der Waals surface area contributed by atoms with Gasteiger partial charge in [0, 0.05) is 0 Å². The Bertz CT molecular complexity index is 316. The Kier molecular flexibility index (Phi) is 2.60. The summed E-state index contributed by atoms with van der Waals surface area (Å²) in [4.78, 5) is 8.26. The Labute approximate surface area is 82.7 Å². The summed E-state index contributed by atoms with van der Waals surface area (Å²) < 4.78 is 0. The van der Waals surface area contributed by atoms with Crippen molar-refractivity contribution >= 4 is 17.2 Å². The van der Waals surface area contributed by atoms with Crippen molar-refractivity contribution in [3.05, 3.63) is 29.3 Å². The second kappa shape index (κ2) is 3.88. The molecule has 2 nitrogen and oxygen atoms in total. The summed E-state index contributed by atoms with van der Waals surface area (Å²) in [6.07, 6.45) is 10.4. The van der Waals surface area contributed by atoms with Gasteiger partial charge in [-0.05, 0) is 31.3 Å². The molecule has 0 radical (unpaired) electrons. The third kappa shape index (κ3) is 2.07. The van der Waals surface area contributed by atoms with Crippen LogP contribution >= 0.6 is 11.6 Å². The highest BCUT2D eigenvalue weighted by atomic mass is 35.5. The number of hydrogen-bond donors (Lipinski definition) is 0. The van der Waals surface area contributed by atoms with Crippen LogP contribution in [-0.2, 0) is 0 Å². The lowest BCUT2D eigenvalue weighted by Gasteiger charge is -2.11. The van der Waals surface area contributed by atoms with Crippen LogP contribution in [0.1, 0.15) is 31.4 Å². The summed E-state index contributed by atoms with van der Waals surface area (Å²) in [6, 6.07) is 0. The molecule has 2 rings (SSSR count). The molecule has 1 aromatic heterocycles. The predicted molar refractivity (Wildman–Crippen MR) is 53.5 cm³/mol. The molecule has 0 aliphatic heterocycles. The maximum absolute atomic E-state index is 5.66. The van der Waals surface area contributed by atoms with Gasteiger partial charge in [0.05, 0.1) is 18.1 Å². The first-order valence-electron chi connectivity index (χ1n) is 4.53. The lowest BCUT2D eigenvalue weighted by Crippen LogP contribution is -1.95. The van der Waals surface area contributed by atoms with Crippen LogP contribution in [0, 0.1) is 0 Å². The fourth-order valence-corrected chi connectivity index (χ4v) is 1.65. The normalized spacial score (nSPS) is 16.8. The molecule has 0 fully saturated rings. The first-order chi connectivity index (χ1) is 6.36. The van der Waals surface area contributed by atoms with E-state index in [0.29, 0.717) is 5.15 Å². The molecule has 13 heavy (non-hydrogen) atoms. The zero-order chi connectivity index (χ0) is 9.10. The molecule has 0 unspecified atom stereocenters. The molecule has 1 heterocycles. The van der Waals surface area contributed by atoms with Crippen LogP contribution < -0.4 is 0 Å². The minimum Gasteiger partial charge on any atom is -0.252 e. The van der Waals surface area contributed by atoms with Crippen molar-refractivity contribution in [1.82, 2.24) is 9.97 Å². The first kappa shape index (κ1) is 8.70. The predicted octanol–water partition coefficient (Wildman–Crippen LogP) is 3.09. The van der Waals surface area contributed by atoms with Crippen LogP contribution in [0.3, 0.4) is 0 Å². The van der Waals surface area contributed by atoms with Gasteiger partial charge in [0.1, 0.15) is 5.15 Å². The maximum Gasteiger partial charge on any atom is 0.147 e. The van der Waals surface area contributed by atoms with E-state index in [2.05, 4.69) is 16.0 Å². The van der Waals surface area contributed by atoms with Gasteiger partial charge in [0.25, 0.3) is 0 Å². The molecule has 0 amide bonds. The molecule has 0 saturated carbocycles. The molecule has 0 atom stereocenters. The van der Waals surface area contributed by atoms with Gasteiger partial charge in [-0.3, -0.25) is 4.98 Å². The molecule has 0 N–H and O–H groups in total. The summed E-state index contributed by atoms with van der Waals surface area (Å²) in [5, 5.41) is 0.458. The SMILES string of the molecule is Clc1cnc(C2=CCCCC2)cn1. The van der Waals surface area contributed by atoms with Crippen molar-refractivity contribution in [3.8, 4) is 0 Å². The van der Waals surface area contributed by atoms with Crippen molar-refractivity contribution in [2.45, 2.75) is 25.7 Å². The summed E-state index contributed by atoms with van der Waals surface area (Å²) in [5.74, 6) is 0. The number of hydrogen-bond acceptors (Lipinski definition) is 2. The third-order valence-electron chi connectivity index (χ3n) is 2.24. The molecule has 68 valence electrons. The minimum absolute atomic E-state index is 0.458. The van der Waals surface area contributed by atoms with E-state index in [1.165, 1.54) is 24.8 Å². The van der Waals surface area contributed by atoms with Crippen molar-refractivity contribution in [2.24, 2.45) is 0 Å². The van der Waals surface area contributed by atoms with Gasteiger partial charge in [-0.1, -0.05) is 17.7 Å². The largest absolute Gasteiger partial charge is 0.252 e. The third-order valence-corrected chi connectivity index (χ3v) is 2.44. The van der Waals surface area contributed by atoms with Crippen molar-refractivity contribution < 1.29 is 0 Å². The Morgan fingerprint density at radius 1 is 1.15 bits per heavy atom. The van der Waals surface area contributed by atoms with Crippen LogP contribution in [0.4, 0.5) is 0 Å². The lowest BCUT2D eigenvalue weighted by atomic mass is 9.97. The van der Waals surface area contributed by atoms with E-state index in [1.807, 2.05) is 0 Å². The highest BCUT2D eigenvalue weighted by Crippen LogP contribution is 2.24. The van der Waals surface area contributed by atoms with E-state index >= 15 is 0 Å². The van der Waals surface area contributed by atoms with Gasteiger partial charge >= 0.3 is 0 Å². The maximum atomic E-state index is 5.66. The number of nitrogens with zero attached hydrogens (tertiary/aromatic N) is 2. The molecule has 1 aromatic rings. The Balaban J connectivity index is 2.24. The molecule has 1 aliphatic carbocycles. The van der Waals surface area contributed by atoms with Crippen LogP contribution in [0.15, 0.2) is 18.5 Å². The smallest absolute Gasteiger partial charge is 0.147 e. The van der Waals surface area contributed by atoms with Gasteiger partial charge in [0.2, 0.25) is 0 Å². The minimum atomic E-state index is 0.458. The van der Waals surface area contributed by atoms with Gasteiger partial charge < -0.3 is 0 Å². The number of rotatable bonds is 1. The van der Waals surface area contributed by atoms with E-state index in [1.54, 1.807) is 12.4 Å². The van der Waals surface area contributed by atoms with Gasteiger partial charge in [-0.25, -0.2) is 4.98 Å². The topological polar surface area (TPSA) is 25.8 Å². The van der Waals surface area contributed by atoms with E-state index in [0.717, 1.165) is 12.1 Å². The summed E-state index contributed by atoms with van der Waals surface area (Å²) in [7, 11) is 0. The summed E-state index contributed by atoms with van der Waals surface area (Å²) >= 11 is 5.66. The van der Waals surface area contributed by atoms with Crippen molar-refractivity contribution in [2.75, 3.05) is 0 Å². The van der Waals surface area contributed by atoms with Crippen molar-refractivity contribution in [1.29, 1.82) is 0 Å².